The monoisotopic (exact) mass is 253 g/mol. The molecule has 4 nitrogen and oxygen atoms in total. The van der Waals surface area contributed by atoms with Crippen molar-refractivity contribution in [1.29, 1.82) is 0 Å². The molecule has 0 fully saturated rings. The van der Waals surface area contributed by atoms with Gasteiger partial charge in [0.1, 0.15) is 5.82 Å². The van der Waals surface area contributed by atoms with E-state index in [1.54, 1.807) is 12.1 Å². The van der Waals surface area contributed by atoms with Crippen molar-refractivity contribution >= 4 is 11.9 Å². The van der Waals surface area contributed by atoms with Crippen molar-refractivity contribution in [3.8, 4) is 0 Å². The van der Waals surface area contributed by atoms with Crippen molar-refractivity contribution in [2.45, 2.75) is 32.2 Å². The molecule has 0 radical (unpaired) electrons. The molecule has 0 saturated heterocycles. The molecule has 98 valence electrons. The van der Waals surface area contributed by atoms with Gasteiger partial charge in [0.05, 0.1) is 0 Å². The first-order chi connectivity index (χ1) is 8.47. The Bertz CT molecular complexity index is 434. The van der Waals surface area contributed by atoms with Crippen LogP contribution in [-0.2, 0) is 16.0 Å². The first-order valence-electron chi connectivity index (χ1n) is 5.70. The second-order valence-electron chi connectivity index (χ2n) is 4.16. The predicted octanol–water partition coefficient (Wildman–Crippen LogP) is 1.74. The zero-order valence-electron chi connectivity index (χ0n) is 10.1. The lowest BCUT2D eigenvalue weighted by Gasteiger charge is -2.17. The second-order valence-corrected chi connectivity index (χ2v) is 4.16. The third-order valence-corrected chi connectivity index (χ3v) is 2.49. The molecule has 0 aliphatic carbocycles. The highest BCUT2D eigenvalue weighted by Crippen LogP contribution is 2.10. The minimum atomic E-state index is -0.912. The van der Waals surface area contributed by atoms with Gasteiger partial charge in [0.2, 0.25) is 5.91 Å². The van der Waals surface area contributed by atoms with Crippen LogP contribution in [0, 0.1) is 5.82 Å². The fraction of sp³-hybridized carbons (Fsp3) is 0.385. The second kappa shape index (κ2) is 6.74. The Hall–Kier alpha value is -1.91. The lowest BCUT2D eigenvalue weighted by atomic mass is 10.0. The number of rotatable bonds is 6. The fourth-order valence-electron chi connectivity index (χ4n) is 1.76. The molecule has 0 aromatic heterocycles. The van der Waals surface area contributed by atoms with Crippen molar-refractivity contribution in [2.75, 3.05) is 0 Å². The number of aliphatic carboxylic acids is 1. The van der Waals surface area contributed by atoms with E-state index in [1.807, 2.05) is 0 Å². The van der Waals surface area contributed by atoms with Gasteiger partial charge in [-0.15, -0.1) is 0 Å². The minimum Gasteiger partial charge on any atom is -0.481 e. The molecule has 1 unspecified atom stereocenters. The van der Waals surface area contributed by atoms with Crippen molar-refractivity contribution in [2.24, 2.45) is 0 Å². The maximum atomic E-state index is 13.0. The Kier molecular flexibility index (Phi) is 5.30. The molecule has 1 rings (SSSR count). The third-order valence-electron chi connectivity index (χ3n) is 2.49. The van der Waals surface area contributed by atoms with Crippen molar-refractivity contribution in [3.05, 3.63) is 35.6 Å². The number of benzene rings is 1. The van der Waals surface area contributed by atoms with Crippen LogP contribution in [0.5, 0.6) is 0 Å². The van der Waals surface area contributed by atoms with Gasteiger partial charge in [-0.1, -0.05) is 12.1 Å². The summed E-state index contributed by atoms with van der Waals surface area (Å²) < 4.78 is 13.0. The molecular formula is C13H16FNO3. The van der Waals surface area contributed by atoms with E-state index >= 15 is 0 Å². The van der Waals surface area contributed by atoms with Gasteiger partial charge in [0.25, 0.3) is 0 Å². The van der Waals surface area contributed by atoms with Crippen LogP contribution in [0.4, 0.5) is 4.39 Å². The fourth-order valence-corrected chi connectivity index (χ4v) is 1.76. The maximum Gasteiger partial charge on any atom is 0.303 e. The van der Waals surface area contributed by atoms with E-state index in [9.17, 15) is 14.0 Å². The molecule has 0 saturated carbocycles. The molecule has 1 aromatic carbocycles. The van der Waals surface area contributed by atoms with Gasteiger partial charge < -0.3 is 10.4 Å². The molecule has 1 aromatic rings. The number of hydrogen-bond acceptors (Lipinski definition) is 2. The molecule has 1 amide bonds. The van der Waals surface area contributed by atoms with Gasteiger partial charge in [-0.05, 0) is 30.5 Å². The molecule has 0 aliphatic rings. The molecule has 2 N–H and O–H groups in total. The minimum absolute atomic E-state index is 0.0275. The van der Waals surface area contributed by atoms with Gasteiger partial charge in [0, 0.05) is 19.4 Å². The number of amides is 1. The SMILES string of the molecule is CC(=O)NC(CCC(=O)O)Cc1cccc(F)c1. The number of carboxylic acid groups (broad SMARTS) is 1. The third kappa shape index (κ3) is 5.43. The Morgan fingerprint density at radius 3 is 2.72 bits per heavy atom. The van der Waals surface area contributed by atoms with Crippen molar-refractivity contribution in [3.63, 3.8) is 0 Å². The summed E-state index contributed by atoms with van der Waals surface area (Å²) in [6, 6.07) is 5.77. The highest BCUT2D eigenvalue weighted by Gasteiger charge is 2.13. The summed E-state index contributed by atoms with van der Waals surface area (Å²) >= 11 is 0. The van der Waals surface area contributed by atoms with E-state index in [2.05, 4.69) is 5.32 Å². The molecule has 0 spiro atoms. The van der Waals surface area contributed by atoms with E-state index < -0.39 is 5.97 Å². The Balaban J connectivity index is 2.65. The van der Waals surface area contributed by atoms with Crippen LogP contribution in [0.25, 0.3) is 0 Å². The lowest BCUT2D eigenvalue weighted by Crippen LogP contribution is -2.35. The van der Waals surface area contributed by atoms with Crippen LogP contribution in [0.15, 0.2) is 24.3 Å². The average Bonchev–Trinajstić information content (AvgIpc) is 2.25. The average molecular weight is 253 g/mol. The van der Waals surface area contributed by atoms with E-state index in [4.69, 9.17) is 5.11 Å². The summed E-state index contributed by atoms with van der Waals surface area (Å²) in [5, 5.41) is 11.3. The van der Waals surface area contributed by atoms with Crippen LogP contribution >= 0.6 is 0 Å². The number of carbonyl (C=O) groups excluding carboxylic acids is 1. The quantitative estimate of drug-likeness (QED) is 0.811. The highest BCUT2D eigenvalue weighted by atomic mass is 19.1. The molecular weight excluding hydrogens is 237 g/mol. The smallest absolute Gasteiger partial charge is 0.303 e. The van der Waals surface area contributed by atoms with E-state index in [0.717, 1.165) is 5.56 Å². The van der Waals surface area contributed by atoms with Crippen molar-refractivity contribution < 1.29 is 19.1 Å². The zero-order chi connectivity index (χ0) is 13.5. The summed E-state index contributed by atoms with van der Waals surface area (Å²) in [5.74, 6) is -1.47. The summed E-state index contributed by atoms with van der Waals surface area (Å²) in [6.07, 6.45) is 0.719. The van der Waals surface area contributed by atoms with Gasteiger partial charge in [-0.3, -0.25) is 9.59 Å². The Morgan fingerprint density at radius 1 is 1.44 bits per heavy atom. The molecule has 18 heavy (non-hydrogen) atoms. The molecule has 0 bridgehead atoms. The van der Waals surface area contributed by atoms with Crippen LogP contribution in [0.3, 0.4) is 0 Å². The van der Waals surface area contributed by atoms with Crippen LogP contribution in [0.2, 0.25) is 0 Å². The molecule has 0 heterocycles. The van der Waals surface area contributed by atoms with Crippen LogP contribution in [0.1, 0.15) is 25.3 Å². The number of hydrogen-bond donors (Lipinski definition) is 2. The molecule has 1 atom stereocenters. The molecule has 0 aliphatic heterocycles. The van der Waals surface area contributed by atoms with Crippen LogP contribution in [-0.4, -0.2) is 23.0 Å². The zero-order valence-corrected chi connectivity index (χ0v) is 10.1. The standard InChI is InChI=1S/C13H16FNO3/c1-9(16)15-12(5-6-13(17)18)8-10-3-2-4-11(14)7-10/h2-4,7,12H,5-6,8H2,1H3,(H,15,16)(H,17,18). The number of nitrogens with one attached hydrogen (secondary N) is 1. The normalized spacial score (nSPS) is 11.9. The van der Waals surface area contributed by atoms with Crippen molar-refractivity contribution in [1.82, 2.24) is 5.32 Å². The van der Waals surface area contributed by atoms with Gasteiger partial charge >= 0.3 is 5.97 Å². The topological polar surface area (TPSA) is 66.4 Å². The molecule has 5 heteroatoms. The van der Waals surface area contributed by atoms with E-state index in [1.165, 1.54) is 19.1 Å². The number of carboxylic acids is 1. The summed E-state index contributed by atoms with van der Waals surface area (Å²) in [6.45, 7) is 1.37. The predicted molar refractivity (Wildman–Crippen MR) is 64.6 cm³/mol. The maximum absolute atomic E-state index is 13.0. The van der Waals surface area contributed by atoms with E-state index in [0.29, 0.717) is 12.8 Å². The first-order valence-corrected chi connectivity index (χ1v) is 5.70. The van der Waals surface area contributed by atoms with E-state index in [-0.39, 0.29) is 24.2 Å². The Morgan fingerprint density at radius 2 is 2.17 bits per heavy atom. The summed E-state index contributed by atoms with van der Waals surface area (Å²) in [4.78, 5) is 21.5. The number of halogens is 1. The van der Waals surface area contributed by atoms with Gasteiger partial charge in [-0.2, -0.15) is 0 Å². The van der Waals surface area contributed by atoms with Crippen LogP contribution < -0.4 is 5.32 Å². The first kappa shape index (κ1) is 14.2. The van der Waals surface area contributed by atoms with Gasteiger partial charge in [0.15, 0.2) is 0 Å². The largest absolute Gasteiger partial charge is 0.481 e. The lowest BCUT2D eigenvalue weighted by molar-refractivity contribution is -0.137. The summed E-state index contributed by atoms with van der Waals surface area (Å²) in [7, 11) is 0. The highest BCUT2D eigenvalue weighted by molar-refractivity contribution is 5.73. The number of carbonyl (C=O) groups is 2. The summed E-state index contributed by atoms with van der Waals surface area (Å²) in [5.41, 5.74) is 0.735. The Labute approximate surface area is 105 Å². The van der Waals surface area contributed by atoms with Gasteiger partial charge in [-0.25, -0.2) is 4.39 Å².